The molecule has 84 valence electrons. The quantitative estimate of drug-likeness (QED) is 0.621. The zero-order valence-electron chi connectivity index (χ0n) is 10.0. The van der Waals surface area contributed by atoms with Crippen molar-refractivity contribution in [2.24, 2.45) is 11.8 Å². The second-order valence-electron chi connectivity index (χ2n) is 4.74. The zero-order valence-corrected chi connectivity index (χ0v) is 10.0. The minimum atomic E-state index is 0.820. The molecule has 0 heteroatoms. The van der Waals surface area contributed by atoms with Crippen LogP contribution in [0.1, 0.15) is 31.7 Å². The number of benzene rings is 1. The molecule has 2 rings (SSSR count). The molecule has 1 aromatic rings. The van der Waals surface area contributed by atoms with E-state index in [-0.39, 0.29) is 0 Å². The van der Waals surface area contributed by atoms with Crippen LogP contribution < -0.4 is 0 Å². The van der Waals surface area contributed by atoms with Crippen molar-refractivity contribution in [3.63, 3.8) is 0 Å². The van der Waals surface area contributed by atoms with Crippen molar-refractivity contribution in [2.75, 3.05) is 0 Å². The predicted molar refractivity (Wildman–Crippen MR) is 71.1 cm³/mol. The molecule has 0 heterocycles. The van der Waals surface area contributed by atoms with Crippen LogP contribution in [0.2, 0.25) is 0 Å². The Morgan fingerprint density at radius 1 is 1.38 bits per heavy atom. The van der Waals surface area contributed by atoms with Gasteiger partial charge in [-0.3, -0.25) is 0 Å². The molecule has 0 amide bonds. The fraction of sp³-hybridized carbons (Fsp3) is 0.375. The van der Waals surface area contributed by atoms with Gasteiger partial charge in [0, 0.05) is 0 Å². The molecule has 1 fully saturated rings. The van der Waals surface area contributed by atoms with Crippen LogP contribution in [0.25, 0.3) is 5.57 Å². The summed E-state index contributed by atoms with van der Waals surface area (Å²) in [5, 5.41) is 0. The number of allylic oxidation sites excluding steroid dienone is 3. The van der Waals surface area contributed by atoms with E-state index in [1.807, 2.05) is 6.08 Å². The van der Waals surface area contributed by atoms with Crippen LogP contribution in [-0.2, 0) is 0 Å². The van der Waals surface area contributed by atoms with Gasteiger partial charge in [-0.1, -0.05) is 42.5 Å². The summed E-state index contributed by atoms with van der Waals surface area (Å²) in [6.07, 6.45) is 8.33. The summed E-state index contributed by atoms with van der Waals surface area (Å²) in [5.74, 6) is 1.73. The number of hydrogen-bond donors (Lipinski definition) is 0. The molecule has 1 aromatic carbocycles. The zero-order chi connectivity index (χ0) is 11.4. The van der Waals surface area contributed by atoms with Gasteiger partial charge < -0.3 is 0 Å². The first-order valence-corrected chi connectivity index (χ1v) is 6.16. The second-order valence-corrected chi connectivity index (χ2v) is 4.74. The first kappa shape index (κ1) is 11.2. The van der Waals surface area contributed by atoms with Crippen LogP contribution in [0.3, 0.4) is 0 Å². The summed E-state index contributed by atoms with van der Waals surface area (Å²) >= 11 is 0. The van der Waals surface area contributed by atoms with E-state index in [1.165, 1.54) is 30.4 Å². The SMILES string of the molecule is C=CCCC1C[C@H]1/C=C(\C)c1ccccc1. The molecule has 16 heavy (non-hydrogen) atoms. The average Bonchev–Trinajstić information content (AvgIpc) is 3.06. The number of rotatable bonds is 5. The fourth-order valence-corrected chi connectivity index (χ4v) is 2.26. The minimum Gasteiger partial charge on any atom is -0.103 e. The normalized spacial score (nSPS) is 24.2. The van der Waals surface area contributed by atoms with Gasteiger partial charge in [0.05, 0.1) is 0 Å². The topological polar surface area (TPSA) is 0 Å². The minimum absolute atomic E-state index is 0.820. The summed E-state index contributed by atoms with van der Waals surface area (Å²) in [4.78, 5) is 0. The van der Waals surface area contributed by atoms with E-state index < -0.39 is 0 Å². The van der Waals surface area contributed by atoms with Crippen molar-refractivity contribution >= 4 is 5.57 Å². The lowest BCUT2D eigenvalue weighted by molar-refractivity contribution is 0.708. The standard InChI is InChI=1S/C16H20/c1-3-4-8-15-12-16(15)11-13(2)14-9-6-5-7-10-14/h3,5-7,9-11,15-16H,1,4,8,12H2,2H3/b13-11+/t15?,16-/m1/s1. The van der Waals surface area contributed by atoms with Gasteiger partial charge in [0.15, 0.2) is 0 Å². The highest BCUT2D eigenvalue weighted by molar-refractivity contribution is 5.64. The molecule has 0 saturated heterocycles. The van der Waals surface area contributed by atoms with Gasteiger partial charge in [0.2, 0.25) is 0 Å². The van der Waals surface area contributed by atoms with Crippen molar-refractivity contribution in [3.05, 3.63) is 54.6 Å². The van der Waals surface area contributed by atoms with Gasteiger partial charge in [0.1, 0.15) is 0 Å². The maximum atomic E-state index is 3.78. The average molecular weight is 212 g/mol. The lowest BCUT2D eigenvalue weighted by atomic mass is 10.1. The molecule has 0 spiro atoms. The molecule has 1 aliphatic rings. The summed E-state index contributed by atoms with van der Waals surface area (Å²) < 4.78 is 0. The summed E-state index contributed by atoms with van der Waals surface area (Å²) in [7, 11) is 0. The van der Waals surface area contributed by atoms with Gasteiger partial charge >= 0.3 is 0 Å². The molecule has 0 aliphatic heterocycles. The maximum Gasteiger partial charge on any atom is -0.0196 e. The van der Waals surface area contributed by atoms with E-state index in [1.54, 1.807) is 0 Å². The van der Waals surface area contributed by atoms with Crippen molar-refractivity contribution in [3.8, 4) is 0 Å². The van der Waals surface area contributed by atoms with Crippen molar-refractivity contribution in [1.82, 2.24) is 0 Å². The van der Waals surface area contributed by atoms with Crippen LogP contribution in [0.5, 0.6) is 0 Å². The van der Waals surface area contributed by atoms with Gasteiger partial charge in [-0.25, -0.2) is 0 Å². The molecule has 0 bridgehead atoms. The first-order chi connectivity index (χ1) is 7.81. The van der Waals surface area contributed by atoms with Crippen LogP contribution in [-0.4, -0.2) is 0 Å². The molecule has 1 saturated carbocycles. The molecular weight excluding hydrogens is 192 g/mol. The van der Waals surface area contributed by atoms with Gasteiger partial charge in [0.25, 0.3) is 0 Å². The van der Waals surface area contributed by atoms with Crippen molar-refractivity contribution < 1.29 is 0 Å². The van der Waals surface area contributed by atoms with E-state index in [0.717, 1.165) is 11.8 Å². The van der Waals surface area contributed by atoms with Crippen molar-refractivity contribution in [1.29, 1.82) is 0 Å². The van der Waals surface area contributed by atoms with E-state index >= 15 is 0 Å². The third-order valence-corrected chi connectivity index (χ3v) is 3.41. The van der Waals surface area contributed by atoms with Gasteiger partial charge in [-0.05, 0) is 49.2 Å². The Bertz CT molecular complexity index is 372. The third-order valence-electron chi connectivity index (χ3n) is 3.41. The third kappa shape index (κ3) is 2.85. The van der Waals surface area contributed by atoms with Gasteiger partial charge in [-0.2, -0.15) is 0 Å². The van der Waals surface area contributed by atoms with E-state index in [2.05, 4.69) is 49.9 Å². The van der Waals surface area contributed by atoms with E-state index in [9.17, 15) is 0 Å². The largest absolute Gasteiger partial charge is 0.103 e. The molecule has 0 aromatic heterocycles. The highest BCUT2D eigenvalue weighted by atomic mass is 14.4. The number of hydrogen-bond acceptors (Lipinski definition) is 0. The molecule has 0 N–H and O–H groups in total. The summed E-state index contributed by atoms with van der Waals surface area (Å²) in [6, 6.07) is 10.7. The van der Waals surface area contributed by atoms with Crippen LogP contribution in [0.15, 0.2) is 49.1 Å². The maximum absolute atomic E-state index is 3.78. The van der Waals surface area contributed by atoms with Crippen LogP contribution in [0.4, 0.5) is 0 Å². The molecule has 0 nitrogen and oxygen atoms in total. The predicted octanol–water partition coefficient (Wildman–Crippen LogP) is 4.69. The second kappa shape index (κ2) is 5.16. The lowest BCUT2D eigenvalue weighted by Gasteiger charge is -2.00. The van der Waals surface area contributed by atoms with Crippen molar-refractivity contribution in [2.45, 2.75) is 26.2 Å². The molecule has 0 radical (unpaired) electrons. The van der Waals surface area contributed by atoms with Crippen LogP contribution in [0, 0.1) is 11.8 Å². The molecule has 1 unspecified atom stereocenters. The Hall–Kier alpha value is -1.30. The monoisotopic (exact) mass is 212 g/mol. The molecular formula is C16H20. The Labute approximate surface area is 98.7 Å². The Morgan fingerprint density at radius 3 is 2.81 bits per heavy atom. The Balaban J connectivity index is 1.92. The molecule has 2 atom stereocenters. The first-order valence-electron chi connectivity index (χ1n) is 6.16. The fourth-order valence-electron chi connectivity index (χ4n) is 2.26. The Kier molecular flexibility index (Phi) is 3.61. The highest BCUT2D eigenvalue weighted by Crippen LogP contribution is 2.44. The lowest BCUT2D eigenvalue weighted by Crippen LogP contribution is -1.82. The highest BCUT2D eigenvalue weighted by Gasteiger charge is 2.33. The summed E-state index contributed by atoms with van der Waals surface area (Å²) in [5.41, 5.74) is 2.78. The van der Waals surface area contributed by atoms with E-state index in [0.29, 0.717) is 0 Å². The summed E-state index contributed by atoms with van der Waals surface area (Å²) in [6.45, 7) is 6.00. The van der Waals surface area contributed by atoms with E-state index in [4.69, 9.17) is 0 Å². The Morgan fingerprint density at radius 2 is 2.12 bits per heavy atom. The smallest absolute Gasteiger partial charge is 0.0196 e. The van der Waals surface area contributed by atoms with Gasteiger partial charge in [-0.15, -0.1) is 6.58 Å². The van der Waals surface area contributed by atoms with Crippen LogP contribution >= 0.6 is 0 Å². The molecule has 1 aliphatic carbocycles.